The van der Waals surface area contributed by atoms with Crippen molar-refractivity contribution in [2.75, 3.05) is 20.2 Å². The summed E-state index contributed by atoms with van der Waals surface area (Å²) in [7, 11) is -2.65. The van der Waals surface area contributed by atoms with Crippen LogP contribution < -0.4 is 9.88 Å². The van der Waals surface area contributed by atoms with Crippen LogP contribution in [0.3, 0.4) is 0 Å². The van der Waals surface area contributed by atoms with Gasteiger partial charge in [-0.15, -0.1) is 0 Å². The summed E-state index contributed by atoms with van der Waals surface area (Å²) in [5, 5.41) is 5.10. The third-order valence-electron chi connectivity index (χ3n) is 4.27. The first-order chi connectivity index (χ1) is 12.2. The maximum Gasteiger partial charge on any atom is 0.342 e. The fourth-order valence-electron chi connectivity index (χ4n) is 2.85. The van der Waals surface area contributed by atoms with E-state index >= 15 is 0 Å². The molecule has 1 saturated heterocycles. The van der Waals surface area contributed by atoms with E-state index in [2.05, 4.69) is 0 Å². The number of hydrogen-bond donors (Lipinski definition) is 1. The fourth-order valence-corrected chi connectivity index (χ4v) is 3.39. The van der Waals surface area contributed by atoms with E-state index in [-0.39, 0.29) is 22.1 Å². The van der Waals surface area contributed by atoms with Gasteiger partial charge in [0.15, 0.2) is 6.10 Å². The summed E-state index contributed by atoms with van der Waals surface area (Å²) in [5.74, 6) is -0.971. The Bertz CT molecular complexity index is 769. The number of benzene rings is 1. The van der Waals surface area contributed by atoms with E-state index in [0.29, 0.717) is 13.1 Å². The Morgan fingerprint density at radius 1 is 1.15 bits per heavy atom. The first kappa shape index (κ1) is 20.2. The lowest BCUT2D eigenvalue weighted by Crippen LogP contribution is -2.40. The van der Waals surface area contributed by atoms with E-state index in [1.54, 1.807) is 4.90 Å². The van der Waals surface area contributed by atoms with Crippen LogP contribution in [0.4, 0.5) is 0 Å². The molecule has 8 nitrogen and oxygen atoms in total. The Kier molecular flexibility index (Phi) is 6.60. The fraction of sp³-hybridized carbons (Fsp3) is 0.529. The molecule has 0 spiro atoms. The van der Waals surface area contributed by atoms with Crippen LogP contribution in [0, 0.1) is 0 Å². The van der Waals surface area contributed by atoms with Crippen LogP contribution in [0.15, 0.2) is 23.1 Å². The van der Waals surface area contributed by atoms with Crippen LogP contribution in [-0.4, -0.2) is 51.5 Å². The monoisotopic (exact) mass is 384 g/mol. The first-order valence-corrected chi connectivity index (χ1v) is 9.99. The van der Waals surface area contributed by atoms with Gasteiger partial charge in [-0.1, -0.05) is 12.8 Å². The summed E-state index contributed by atoms with van der Waals surface area (Å²) in [6, 6.07) is 3.63. The van der Waals surface area contributed by atoms with Gasteiger partial charge in [0.05, 0.1) is 12.0 Å². The van der Waals surface area contributed by atoms with Gasteiger partial charge in [0.1, 0.15) is 11.3 Å². The number of sulfonamides is 1. The molecule has 0 saturated carbocycles. The number of ether oxygens (including phenoxy) is 2. The standard InChI is InChI=1S/C17H24N2O6S/c1-12(16(20)19-9-5-3-4-6-10-19)25-17(21)14-11-13(26(18,22)23)7-8-15(14)24-2/h7-8,11-12H,3-6,9-10H2,1-2H3,(H2,18,22,23)/t12-/m0/s1. The number of nitrogens with zero attached hydrogens (tertiary/aromatic N) is 1. The second-order valence-corrected chi connectivity index (χ2v) is 7.76. The Balaban J connectivity index is 2.16. The second-order valence-electron chi connectivity index (χ2n) is 6.19. The molecular weight excluding hydrogens is 360 g/mol. The molecule has 2 N–H and O–H groups in total. The van der Waals surface area contributed by atoms with Gasteiger partial charge >= 0.3 is 5.97 Å². The third-order valence-corrected chi connectivity index (χ3v) is 5.18. The molecule has 1 atom stereocenters. The Morgan fingerprint density at radius 3 is 2.31 bits per heavy atom. The molecular formula is C17H24N2O6S. The van der Waals surface area contributed by atoms with Crippen LogP contribution in [0.5, 0.6) is 5.75 Å². The van der Waals surface area contributed by atoms with Crippen LogP contribution in [0.2, 0.25) is 0 Å². The molecule has 0 bridgehead atoms. The number of amides is 1. The summed E-state index contributed by atoms with van der Waals surface area (Å²) in [6.45, 7) is 2.79. The van der Waals surface area contributed by atoms with E-state index in [1.165, 1.54) is 26.2 Å². The summed E-state index contributed by atoms with van der Waals surface area (Å²) in [4.78, 5) is 26.4. The zero-order valence-electron chi connectivity index (χ0n) is 14.9. The second kappa shape index (κ2) is 8.50. The zero-order chi connectivity index (χ0) is 19.3. The number of methoxy groups -OCH3 is 1. The maximum absolute atomic E-state index is 12.5. The Labute approximate surface area is 153 Å². The summed E-state index contributed by atoms with van der Waals surface area (Å²) < 4.78 is 33.3. The maximum atomic E-state index is 12.5. The summed E-state index contributed by atoms with van der Waals surface area (Å²) in [6.07, 6.45) is 3.03. The smallest absolute Gasteiger partial charge is 0.342 e. The molecule has 144 valence electrons. The van der Waals surface area contributed by atoms with E-state index in [9.17, 15) is 18.0 Å². The number of rotatable bonds is 5. The van der Waals surface area contributed by atoms with Gasteiger partial charge in [-0.05, 0) is 38.0 Å². The highest BCUT2D eigenvalue weighted by Gasteiger charge is 2.26. The minimum atomic E-state index is -3.99. The van der Waals surface area contributed by atoms with Crippen LogP contribution >= 0.6 is 0 Å². The lowest BCUT2D eigenvalue weighted by molar-refractivity contribution is -0.139. The molecule has 1 fully saturated rings. The molecule has 1 aliphatic rings. The van der Waals surface area contributed by atoms with Crippen molar-refractivity contribution in [3.8, 4) is 5.75 Å². The highest BCUT2D eigenvalue weighted by Crippen LogP contribution is 2.23. The molecule has 26 heavy (non-hydrogen) atoms. The lowest BCUT2D eigenvalue weighted by atomic mass is 10.2. The average molecular weight is 384 g/mol. The predicted molar refractivity (Wildman–Crippen MR) is 94.3 cm³/mol. The molecule has 2 rings (SSSR count). The minimum absolute atomic E-state index is 0.102. The number of esters is 1. The first-order valence-electron chi connectivity index (χ1n) is 8.44. The zero-order valence-corrected chi connectivity index (χ0v) is 15.8. The molecule has 1 amide bonds. The Hall–Kier alpha value is -2.13. The van der Waals surface area contributed by atoms with Crippen molar-refractivity contribution < 1.29 is 27.5 Å². The number of nitrogens with two attached hydrogens (primary N) is 1. The van der Waals surface area contributed by atoms with Crippen molar-refractivity contribution in [1.29, 1.82) is 0 Å². The van der Waals surface area contributed by atoms with Crippen molar-refractivity contribution in [2.45, 2.75) is 43.6 Å². The highest BCUT2D eigenvalue weighted by molar-refractivity contribution is 7.89. The third kappa shape index (κ3) is 4.95. The number of carbonyl (C=O) groups excluding carboxylic acids is 2. The predicted octanol–water partition coefficient (Wildman–Crippen LogP) is 1.29. The molecule has 1 heterocycles. The molecule has 1 aromatic carbocycles. The van der Waals surface area contributed by atoms with Crippen LogP contribution in [0.25, 0.3) is 0 Å². The Morgan fingerprint density at radius 2 is 1.77 bits per heavy atom. The van der Waals surface area contributed by atoms with Crippen molar-refractivity contribution in [2.24, 2.45) is 5.14 Å². The average Bonchev–Trinajstić information content (AvgIpc) is 2.88. The van der Waals surface area contributed by atoms with Crippen molar-refractivity contribution in [1.82, 2.24) is 4.90 Å². The number of primary sulfonamides is 1. The van der Waals surface area contributed by atoms with Gasteiger partial charge in [0.2, 0.25) is 10.0 Å². The number of likely N-dealkylation sites (tertiary alicyclic amines) is 1. The molecule has 1 aromatic rings. The van der Waals surface area contributed by atoms with Crippen molar-refractivity contribution in [3.63, 3.8) is 0 Å². The minimum Gasteiger partial charge on any atom is -0.496 e. The van der Waals surface area contributed by atoms with Gasteiger partial charge in [0.25, 0.3) is 5.91 Å². The molecule has 0 radical (unpaired) electrons. The van der Waals surface area contributed by atoms with E-state index < -0.39 is 22.1 Å². The van der Waals surface area contributed by atoms with Crippen molar-refractivity contribution >= 4 is 21.9 Å². The quantitative estimate of drug-likeness (QED) is 0.765. The topological polar surface area (TPSA) is 116 Å². The van der Waals surface area contributed by atoms with Gasteiger partial charge in [-0.25, -0.2) is 18.4 Å². The van der Waals surface area contributed by atoms with Crippen LogP contribution in [-0.2, 0) is 19.6 Å². The van der Waals surface area contributed by atoms with Crippen molar-refractivity contribution in [3.05, 3.63) is 23.8 Å². The lowest BCUT2D eigenvalue weighted by Gasteiger charge is -2.24. The van der Waals surface area contributed by atoms with Crippen LogP contribution in [0.1, 0.15) is 43.0 Å². The molecule has 0 aliphatic carbocycles. The molecule has 9 heteroatoms. The van der Waals surface area contributed by atoms with Gasteiger partial charge in [-0.2, -0.15) is 0 Å². The number of hydrogen-bond acceptors (Lipinski definition) is 6. The summed E-state index contributed by atoms with van der Waals surface area (Å²) >= 11 is 0. The SMILES string of the molecule is COc1ccc(S(N)(=O)=O)cc1C(=O)O[C@@H](C)C(=O)N1CCCCCC1. The highest BCUT2D eigenvalue weighted by atomic mass is 32.2. The molecule has 0 aromatic heterocycles. The van der Waals surface area contributed by atoms with E-state index in [4.69, 9.17) is 14.6 Å². The van der Waals surface area contributed by atoms with E-state index in [0.717, 1.165) is 31.7 Å². The van der Waals surface area contributed by atoms with Gasteiger partial charge in [0, 0.05) is 13.1 Å². The van der Waals surface area contributed by atoms with E-state index in [1.807, 2.05) is 0 Å². The molecule has 1 aliphatic heterocycles. The largest absolute Gasteiger partial charge is 0.496 e. The summed E-state index contributed by atoms with van der Waals surface area (Å²) in [5.41, 5.74) is -0.102. The van der Waals surface area contributed by atoms with Gasteiger partial charge in [-0.3, -0.25) is 4.79 Å². The number of carbonyl (C=O) groups is 2. The normalized spacial score (nSPS) is 16.5. The van der Waals surface area contributed by atoms with Gasteiger partial charge < -0.3 is 14.4 Å². The molecule has 0 unspecified atom stereocenters.